The zero-order chi connectivity index (χ0) is 13.9. The third-order valence-corrected chi connectivity index (χ3v) is 4.91. The lowest BCUT2D eigenvalue weighted by atomic mass is 10.2. The smallest absolute Gasteiger partial charge is 0.337 e. The van der Waals surface area contributed by atoms with E-state index in [0.717, 1.165) is 9.99 Å². The average Bonchev–Trinajstić information content (AvgIpc) is 2.23. The van der Waals surface area contributed by atoms with Crippen molar-refractivity contribution in [3.05, 3.63) is 22.3 Å². The van der Waals surface area contributed by atoms with Crippen LogP contribution < -0.4 is 5.32 Å². The van der Waals surface area contributed by atoms with Crippen molar-refractivity contribution in [3.8, 4) is 0 Å². The Hall–Kier alpha value is 0.350. The Morgan fingerprint density at radius 1 is 1.28 bits per heavy atom. The Morgan fingerprint density at radius 3 is 2.39 bits per heavy atom. The Morgan fingerprint density at radius 2 is 1.89 bits per heavy atom. The Bertz CT molecular complexity index is 503. The van der Waals surface area contributed by atoms with E-state index >= 15 is 0 Å². The lowest BCUT2D eigenvalue weighted by molar-refractivity contribution is -0.116. The summed E-state index contributed by atoms with van der Waals surface area (Å²) < 4.78 is 2.08. The highest BCUT2D eigenvalue weighted by molar-refractivity contribution is 14.1. The van der Waals surface area contributed by atoms with E-state index in [4.69, 9.17) is 0 Å². The van der Waals surface area contributed by atoms with Crippen molar-refractivity contribution < 1.29 is 14.7 Å². The van der Waals surface area contributed by atoms with Crippen LogP contribution in [-0.2, 0) is 4.79 Å². The van der Waals surface area contributed by atoms with Gasteiger partial charge in [-0.2, -0.15) is 0 Å². The second-order valence-electron chi connectivity index (χ2n) is 3.51. The fraction of sp³-hybridized carbons (Fsp3) is 0.273. The first kappa shape index (κ1) is 16.4. The summed E-state index contributed by atoms with van der Waals surface area (Å²) in [6, 6.07) is 1.76. The largest absolute Gasteiger partial charge is 0.478 e. The van der Waals surface area contributed by atoms with Crippen LogP contribution in [0, 0.1) is 10.7 Å². The quantitative estimate of drug-likeness (QED) is 0.527. The lowest BCUT2D eigenvalue weighted by Gasteiger charge is -2.13. The first-order valence-corrected chi connectivity index (χ1v) is 8.32. The van der Waals surface area contributed by atoms with Crippen LogP contribution in [0.3, 0.4) is 0 Å². The van der Waals surface area contributed by atoms with Gasteiger partial charge in [0.05, 0.1) is 14.8 Å². The van der Waals surface area contributed by atoms with E-state index in [-0.39, 0.29) is 11.5 Å². The van der Waals surface area contributed by atoms with Crippen molar-refractivity contribution >= 4 is 85.3 Å². The third kappa shape index (κ3) is 3.92. The van der Waals surface area contributed by atoms with Crippen LogP contribution in [0.1, 0.15) is 30.1 Å². The summed E-state index contributed by atoms with van der Waals surface area (Å²) in [5, 5.41) is 12.0. The molecule has 0 fully saturated rings. The van der Waals surface area contributed by atoms with Gasteiger partial charge in [-0.05, 0) is 80.3 Å². The molecule has 98 valence electrons. The molecule has 0 atom stereocenters. The zero-order valence-electron chi connectivity index (χ0n) is 9.39. The van der Waals surface area contributed by atoms with Crippen LogP contribution in [-0.4, -0.2) is 17.0 Å². The number of hydrogen-bond donors (Lipinski definition) is 2. The monoisotopic (exact) mass is 585 g/mol. The van der Waals surface area contributed by atoms with E-state index < -0.39 is 5.97 Å². The van der Waals surface area contributed by atoms with Gasteiger partial charge >= 0.3 is 5.97 Å². The molecule has 0 unspecified atom stereocenters. The summed E-state index contributed by atoms with van der Waals surface area (Å²) in [7, 11) is 0. The van der Waals surface area contributed by atoms with Gasteiger partial charge in [0.25, 0.3) is 0 Å². The highest BCUT2D eigenvalue weighted by Crippen LogP contribution is 2.31. The zero-order valence-corrected chi connectivity index (χ0v) is 15.9. The topological polar surface area (TPSA) is 66.4 Å². The summed E-state index contributed by atoms with van der Waals surface area (Å²) in [6.07, 6.45) is 1.19. The molecule has 0 aliphatic carbocycles. The number of nitrogens with one attached hydrogen (secondary N) is 1. The molecule has 0 radical (unpaired) electrons. The number of aromatic carboxylic acids is 1. The van der Waals surface area contributed by atoms with Gasteiger partial charge in [-0.25, -0.2) is 4.79 Å². The van der Waals surface area contributed by atoms with Gasteiger partial charge in [0, 0.05) is 13.6 Å². The van der Waals surface area contributed by atoms with Gasteiger partial charge < -0.3 is 10.4 Å². The molecular formula is C11H10I3NO3. The van der Waals surface area contributed by atoms with Crippen molar-refractivity contribution in [3.63, 3.8) is 0 Å². The molecule has 0 spiro atoms. The fourth-order valence-electron chi connectivity index (χ4n) is 1.33. The molecule has 7 heteroatoms. The van der Waals surface area contributed by atoms with E-state index in [1.165, 1.54) is 0 Å². The molecule has 0 bridgehead atoms. The Labute approximate surface area is 146 Å². The summed E-state index contributed by atoms with van der Waals surface area (Å²) in [4.78, 5) is 22.8. The third-order valence-electron chi connectivity index (χ3n) is 2.13. The fourth-order valence-corrected chi connectivity index (χ4v) is 5.43. The van der Waals surface area contributed by atoms with Crippen molar-refractivity contribution in [2.75, 3.05) is 5.32 Å². The number of amides is 1. The van der Waals surface area contributed by atoms with Gasteiger partial charge in [-0.15, -0.1) is 0 Å². The van der Waals surface area contributed by atoms with Crippen LogP contribution in [0.5, 0.6) is 0 Å². The number of hydrogen-bond acceptors (Lipinski definition) is 2. The second-order valence-corrected chi connectivity index (χ2v) is 6.91. The van der Waals surface area contributed by atoms with E-state index in [1.807, 2.05) is 52.1 Å². The normalized spacial score (nSPS) is 10.2. The Kier molecular flexibility index (Phi) is 6.58. The Balaban J connectivity index is 3.23. The SMILES string of the molecule is CCCC(=O)Nc1c(I)cc(I)c(C(=O)O)c1I. The van der Waals surface area contributed by atoms with E-state index in [0.29, 0.717) is 19.2 Å². The molecule has 1 aromatic carbocycles. The van der Waals surface area contributed by atoms with Crippen molar-refractivity contribution in [1.29, 1.82) is 0 Å². The van der Waals surface area contributed by atoms with E-state index in [2.05, 4.69) is 27.9 Å². The molecule has 1 aromatic rings. The maximum absolute atomic E-state index is 11.6. The minimum absolute atomic E-state index is 0.0918. The van der Waals surface area contributed by atoms with Gasteiger partial charge in [0.15, 0.2) is 0 Å². The molecule has 0 saturated carbocycles. The first-order chi connectivity index (χ1) is 8.38. The van der Waals surface area contributed by atoms with E-state index in [9.17, 15) is 14.7 Å². The second kappa shape index (κ2) is 7.22. The molecule has 2 N–H and O–H groups in total. The minimum atomic E-state index is -0.980. The number of anilines is 1. The van der Waals surface area contributed by atoms with Gasteiger partial charge in [-0.3, -0.25) is 4.79 Å². The highest BCUT2D eigenvalue weighted by Gasteiger charge is 2.20. The maximum Gasteiger partial charge on any atom is 0.337 e. The van der Waals surface area contributed by atoms with Crippen LogP contribution in [0.4, 0.5) is 5.69 Å². The van der Waals surface area contributed by atoms with Gasteiger partial charge in [-0.1, -0.05) is 6.92 Å². The van der Waals surface area contributed by atoms with E-state index in [1.54, 1.807) is 6.07 Å². The predicted molar refractivity (Wildman–Crippen MR) is 95.1 cm³/mol. The number of halogens is 3. The number of carbonyl (C=O) groups is 2. The van der Waals surface area contributed by atoms with Crippen molar-refractivity contribution in [2.24, 2.45) is 0 Å². The highest BCUT2D eigenvalue weighted by atomic mass is 127. The van der Waals surface area contributed by atoms with Crippen LogP contribution in [0.15, 0.2) is 6.07 Å². The number of carboxylic acids is 1. The van der Waals surface area contributed by atoms with Crippen LogP contribution >= 0.6 is 67.8 Å². The molecule has 0 heterocycles. The summed E-state index contributed by atoms with van der Waals surface area (Å²) >= 11 is 6.05. The van der Waals surface area contributed by atoms with Crippen molar-refractivity contribution in [2.45, 2.75) is 19.8 Å². The molecule has 4 nitrogen and oxygen atoms in total. The number of carboxylic acid groups (broad SMARTS) is 1. The average molecular weight is 585 g/mol. The number of benzene rings is 1. The lowest BCUT2D eigenvalue weighted by Crippen LogP contribution is -2.15. The predicted octanol–water partition coefficient (Wildman–Crippen LogP) is 3.94. The number of carbonyl (C=O) groups excluding carboxylic acids is 1. The van der Waals surface area contributed by atoms with Crippen molar-refractivity contribution in [1.82, 2.24) is 0 Å². The van der Waals surface area contributed by atoms with Crippen LogP contribution in [0.25, 0.3) is 0 Å². The molecule has 1 amide bonds. The number of rotatable bonds is 4. The van der Waals surface area contributed by atoms with Crippen LogP contribution in [0.2, 0.25) is 0 Å². The molecule has 0 aromatic heterocycles. The maximum atomic E-state index is 11.6. The van der Waals surface area contributed by atoms with Gasteiger partial charge in [0.2, 0.25) is 5.91 Å². The summed E-state index contributed by atoms with van der Waals surface area (Å²) in [5.41, 5.74) is 0.830. The summed E-state index contributed by atoms with van der Waals surface area (Å²) in [5.74, 6) is -1.07. The first-order valence-electron chi connectivity index (χ1n) is 5.09. The molecule has 0 saturated heterocycles. The molecule has 18 heavy (non-hydrogen) atoms. The summed E-state index contributed by atoms with van der Waals surface area (Å²) in [6.45, 7) is 1.92. The standard InChI is InChI=1S/C11H10I3NO3/c1-2-3-7(16)15-10-6(13)4-5(12)8(9(10)14)11(17)18/h4H,2-3H2,1H3,(H,15,16)(H,17,18). The van der Waals surface area contributed by atoms with Gasteiger partial charge in [0.1, 0.15) is 0 Å². The molecule has 1 rings (SSSR count). The molecule has 0 aliphatic rings. The molecule has 0 aliphatic heterocycles. The molecular weight excluding hydrogens is 575 g/mol. The minimum Gasteiger partial charge on any atom is -0.478 e.